The van der Waals surface area contributed by atoms with E-state index in [2.05, 4.69) is 38.0 Å². The topological polar surface area (TPSA) is 55.0 Å². The summed E-state index contributed by atoms with van der Waals surface area (Å²) in [7, 11) is 0. The predicted octanol–water partition coefficient (Wildman–Crippen LogP) is 5.64. The Bertz CT molecular complexity index is 1060. The van der Waals surface area contributed by atoms with Crippen molar-refractivity contribution in [3.63, 3.8) is 0 Å². The second kappa shape index (κ2) is 8.42. The molecule has 3 aromatic rings. The van der Waals surface area contributed by atoms with E-state index in [1.54, 1.807) is 6.26 Å². The fourth-order valence-electron chi connectivity index (χ4n) is 3.63. The molecule has 4 rings (SSSR count). The third-order valence-electron chi connectivity index (χ3n) is 5.50. The number of hydrazone groups is 1. The number of benzene rings is 2. The molecule has 1 aromatic heterocycles. The molecule has 1 amide bonds. The molecule has 5 nitrogen and oxygen atoms in total. The second-order valence-electron chi connectivity index (χ2n) is 8.95. The lowest BCUT2D eigenvalue weighted by Gasteiger charge is -2.21. The number of hydrogen-bond acceptors (Lipinski definition) is 4. The Labute approximate surface area is 183 Å². The van der Waals surface area contributed by atoms with Gasteiger partial charge in [-0.15, -0.1) is 0 Å². The van der Waals surface area contributed by atoms with Crippen molar-refractivity contribution in [1.29, 1.82) is 0 Å². The molecule has 1 aliphatic rings. The van der Waals surface area contributed by atoms with Crippen molar-refractivity contribution in [2.75, 3.05) is 6.61 Å². The molecule has 2 aromatic carbocycles. The Morgan fingerprint density at radius 3 is 2.42 bits per heavy atom. The zero-order valence-electron chi connectivity index (χ0n) is 18.5. The fraction of sp³-hybridized carbons (Fsp3) is 0.308. The Hall–Kier alpha value is -3.34. The molecule has 31 heavy (non-hydrogen) atoms. The molecule has 0 unspecified atom stereocenters. The van der Waals surface area contributed by atoms with E-state index < -0.39 is 0 Å². The summed E-state index contributed by atoms with van der Waals surface area (Å²) in [6.07, 6.45) is 2.22. The second-order valence-corrected chi connectivity index (χ2v) is 8.95. The zero-order chi connectivity index (χ0) is 22.0. The average molecular weight is 417 g/mol. The quantitative estimate of drug-likeness (QED) is 0.541. The first kappa shape index (κ1) is 20.9. The monoisotopic (exact) mass is 416 g/mol. The summed E-state index contributed by atoms with van der Waals surface area (Å²) in [5.41, 5.74) is 4.35. The number of amides is 1. The molecular formula is C26H28N2O3. The fourth-order valence-corrected chi connectivity index (χ4v) is 3.63. The summed E-state index contributed by atoms with van der Waals surface area (Å²) in [6.45, 7) is 8.46. The van der Waals surface area contributed by atoms with E-state index in [9.17, 15) is 4.79 Å². The number of nitrogens with zero attached hydrogens (tertiary/aromatic N) is 2. The van der Waals surface area contributed by atoms with Crippen molar-refractivity contribution >= 4 is 11.6 Å². The largest absolute Gasteiger partial charge is 0.484 e. The number of aryl methyl sites for hydroxylation is 1. The van der Waals surface area contributed by atoms with Crippen LogP contribution in [0.15, 0.2) is 76.4 Å². The van der Waals surface area contributed by atoms with Crippen LogP contribution in [0.1, 0.15) is 55.7 Å². The molecular weight excluding hydrogens is 388 g/mol. The summed E-state index contributed by atoms with van der Waals surface area (Å²) >= 11 is 0. The first-order chi connectivity index (χ1) is 14.8. The zero-order valence-corrected chi connectivity index (χ0v) is 18.5. The summed E-state index contributed by atoms with van der Waals surface area (Å²) in [5, 5.41) is 6.14. The van der Waals surface area contributed by atoms with Gasteiger partial charge in [-0.05, 0) is 47.7 Å². The van der Waals surface area contributed by atoms with Crippen molar-refractivity contribution in [1.82, 2.24) is 5.01 Å². The normalized spacial score (nSPS) is 16.3. The molecule has 160 valence electrons. The van der Waals surface area contributed by atoms with E-state index in [4.69, 9.17) is 9.15 Å². The molecule has 0 spiro atoms. The van der Waals surface area contributed by atoms with Crippen LogP contribution in [-0.4, -0.2) is 23.2 Å². The molecule has 0 aliphatic carbocycles. The van der Waals surface area contributed by atoms with Crippen LogP contribution < -0.4 is 4.74 Å². The number of rotatable bonds is 5. The molecule has 2 heterocycles. The standard InChI is InChI=1S/C26H28N2O3/c1-18-7-9-19(10-8-18)22-16-23(24-6-5-15-30-24)28(27-22)25(29)17-31-21-13-11-20(12-14-21)26(2,3)4/h5-15,23H,16-17H2,1-4H3/t23-/m0/s1. The highest BCUT2D eigenvalue weighted by Gasteiger charge is 2.35. The molecule has 0 fully saturated rings. The number of hydrogen-bond donors (Lipinski definition) is 0. The van der Waals surface area contributed by atoms with Gasteiger partial charge in [-0.25, -0.2) is 5.01 Å². The van der Waals surface area contributed by atoms with Crippen molar-refractivity contribution in [3.8, 4) is 5.75 Å². The lowest BCUT2D eigenvalue weighted by molar-refractivity contribution is -0.135. The Kier molecular flexibility index (Phi) is 5.68. The highest BCUT2D eigenvalue weighted by molar-refractivity contribution is 6.03. The van der Waals surface area contributed by atoms with Gasteiger partial charge in [-0.3, -0.25) is 4.79 Å². The van der Waals surface area contributed by atoms with Gasteiger partial charge in [0.2, 0.25) is 0 Å². The van der Waals surface area contributed by atoms with E-state index in [1.165, 1.54) is 16.1 Å². The molecule has 0 saturated heterocycles. The van der Waals surface area contributed by atoms with Crippen LogP contribution in [0.25, 0.3) is 0 Å². The van der Waals surface area contributed by atoms with E-state index in [0.717, 1.165) is 11.3 Å². The summed E-state index contributed by atoms with van der Waals surface area (Å²) < 4.78 is 11.4. The van der Waals surface area contributed by atoms with Crippen LogP contribution in [0.2, 0.25) is 0 Å². The van der Waals surface area contributed by atoms with E-state index in [1.807, 2.05) is 55.5 Å². The predicted molar refractivity (Wildman–Crippen MR) is 121 cm³/mol. The number of ether oxygens (including phenoxy) is 1. The Morgan fingerprint density at radius 1 is 1.10 bits per heavy atom. The van der Waals surface area contributed by atoms with Crippen molar-refractivity contribution in [2.24, 2.45) is 5.10 Å². The van der Waals surface area contributed by atoms with Gasteiger partial charge in [-0.1, -0.05) is 62.7 Å². The van der Waals surface area contributed by atoms with Crippen molar-refractivity contribution < 1.29 is 13.9 Å². The van der Waals surface area contributed by atoms with Gasteiger partial charge in [0.15, 0.2) is 6.61 Å². The number of carbonyl (C=O) groups is 1. The Morgan fingerprint density at radius 2 is 1.81 bits per heavy atom. The van der Waals surface area contributed by atoms with Crippen molar-refractivity contribution in [2.45, 2.75) is 45.6 Å². The van der Waals surface area contributed by atoms with Crippen LogP contribution in [-0.2, 0) is 10.2 Å². The van der Waals surface area contributed by atoms with Gasteiger partial charge in [0, 0.05) is 6.42 Å². The van der Waals surface area contributed by atoms with Crippen LogP contribution in [0.4, 0.5) is 0 Å². The van der Waals surface area contributed by atoms with Gasteiger partial charge in [-0.2, -0.15) is 5.10 Å². The summed E-state index contributed by atoms with van der Waals surface area (Å²) in [5.74, 6) is 1.18. The van der Waals surface area contributed by atoms with Gasteiger partial charge in [0.25, 0.3) is 5.91 Å². The maximum Gasteiger partial charge on any atom is 0.281 e. The van der Waals surface area contributed by atoms with Gasteiger partial charge >= 0.3 is 0 Å². The lowest BCUT2D eigenvalue weighted by Crippen LogP contribution is -2.31. The molecule has 1 atom stereocenters. The summed E-state index contributed by atoms with van der Waals surface area (Å²) in [4.78, 5) is 13.0. The number of furan rings is 1. The third kappa shape index (κ3) is 4.71. The van der Waals surface area contributed by atoms with E-state index >= 15 is 0 Å². The van der Waals surface area contributed by atoms with Gasteiger partial charge in [0.1, 0.15) is 17.6 Å². The minimum absolute atomic E-state index is 0.0707. The lowest BCUT2D eigenvalue weighted by atomic mass is 9.87. The first-order valence-corrected chi connectivity index (χ1v) is 10.5. The summed E-state index contributed by atoms with van der Waals surface area (Å²) in [6, 6.07) is 19.5. The molecule has 1 aliphatic heterocycles. The van der Waals surface area contributed by atoms with Gasteiger partial charge < -0.3 is 9.15 Å². The molecule has 0 saturated carbocycles. The highest BCUT2D eigenvalue weighted by atomic mass is 16.5. The Balaban J connectivity index is 1.50. The van der Waals surface area contributed by atoms with Crippen LogP contribution >= 0.6 is 0 Å². The van der Waals surface area contributed by atoms with E-state index in [-0.39, 0.29) is 24.0 Å². The molecule has 0 radical (unpaired) electrons. The first-order valence-electron chi connectivity index (χ1n) is 10.5. The van der Waals surface area contributed by atoms with Crippen LogP contribution in [0, 0.1) is 6.92 Å². The van der Waals surface area contributed by atoms with Crippen LogP contribution in [0.5, 0.6) is 5.75 Å². The molecule has 0 N–H and O–H groups in total. The SMILES string of the molecule is Cc1ccc(C2=NN(C(=O)COc3ccc(C(C)(C)C)cc3)[C@H](c3ccco3)C2)cc1. The van der Waals surface area contributed by atoms with Gasteiger partial charge in [0.05, 0.1) is 12.0 Å². The smallest absolute Gasteiger partial charge is 0.281 e. The highest BCUT2D eigenvalue weighted by Crippen LogP contribution is 2.33. The minimum atomic E-state index is -0.273. The maximum absolute atomic E-state index is 13.0. The molecule has 0 bridgehead atoms. The number of carbonyl (C=O) groups excluding carboxylic acids is 1. The average Bonchev–Trinajstić information content (AvgIpc) is 3.42. The molecule has 5 heteroatoms. The third-order valence-corrected chi connectivity index (χ3v) is 5.50. The van der Waals surface area contributed by atoms with E-state index in [0.29, 0.717) is 17.9 Å². The minimum Gasteiger partial charge on any atom is -0.484 e. The van der Waals surface area contributed by atoms with Crippen LogP contribution in [0.3, 0.4) is 0 Å². The maximum atomic E-state index is 13.0. The van der Waals surface area contributed by atoms with Crippen molar-refractivity contribution in [3.05, 3.63) is 89.4 Å².